The van der Waals surface area contributed by atoms with Crippen LogP contribution in [0.1, 0.15) is 36.2 Å². The number of allylic oxidation sites excluding steroid dienone is 1. The number of aromatic nitrogens is 1. The molecule has 3 N–H and O–H groups in total. The number of H-pyrrole nitrogens is 1. The van der Waals surface area contributed by atoms with Gasteiger partial charge >= 0.3 is 0 Å². The van der Waals surface area contributed by atoms with Crippen LogP contribution in [0.15, 0.2) is 92.2 Å². The number of ether oxygens (including phenoxy) is 2. The Morgan fingerprint density at radius 1 is 1.12 bits per heavy atom. The minimum absolute atomic E-state index is 0.195. The molecule has 1 atom stereocenters. The number of benzene rings is 3. The summed E-state index contributed by atoms with van der Waals surface area (Å²) < 4.78 is 22.5. The Labute approximate surface area is 251 Å². The zero-order chi connectivity index (χ0) is 30.5. The molecule has 42 heavy (non-hydrogen) atoms. The van der Waals surface area contributed by atoms with E-state index in [1.807, 2.05) is 25.3 Å². The third-order valence-electron chi connectivity index (χ3n) is 6.69. The Morgan fingerprint density at radius 2 is 1.81 bits per heavy atom. The van der Waals surface area contributed by atoms with Crippen LogP contribution in [-0.2, 0) is 11.2 Å². The summed E-state index contributed by atoms with van der Waals surface area (Å²) in [6.07, 6.45) is 5.68. The van der Waals surface area contributed by atoms with Crippen molar-refractivity contribution in [1.29, 1.82) is 0 Å². The highest BCUT2D eigenvalue weighted by Gasteiger charge is 2.29. The molecule has 0 bridgehead atoms. The molecule has 9 heteroatoms. The summed E-state index contributed by atoms with van der Waals surface area (Å²) in [7, 11) is 2.18. The van der Waals surface area contributed by atoms with E-state index in [4.69, 9.17) is 22.2 Å². The van der Waals surface area contributed by atoms with Crippen LogP contribution >= 0.6 is 11.6 Å². The number of hydrazine groups is 1. The first-order valence-corrected chi connectivity index (χ1v) is 14.0. The number of hydrogen-bond donors (Lipinski definition) is 2. The number of nitrogens with one attached hydrogen (secondary N) is 1. The van der Waals surface area contributed by atoms with Crippen molar-refractivity contribution in [2.24, 2.45) is 5.84 Å². The van der Waals surface area contributed by atoms with Crippen molar-refractivity contribution in [3.05, 3.63) is 120 Å². The lowest BCUT2D eigenvalue weighted by atomic mass is 9.93. The number of carbonyl (C=O) groups excluding carboxylic acids is 1. The van der Waals surface area contributed by atoms with Gasteiger partial charge in [-0.1, -0.05) is 29.8 Å². The lowest BCUT2D eigenvalue weighted by Gasteiger charge is -2.33. The van der Waals surface area contributed by atoms with E-state index in [-0.39, 0.29) is 11.9 Å². The predicted molar refractivity (Wildman–Crippen MR) is 168 cm³/mol. The number of aromatic amines is 1. The summed E-state index contributed by atoms with van der Waals surface area (Å²) in [4.78, 5) is 15.8. The van der Waals surface area contributed by atoms with Gasteiger partial charge in [0.2, 0.25) is 0 Å². The van der Waals surface area contributed by atoms with Gasteiger partial charge in [0, 0.05) is 47.3 Å². The number of fused-ring (bicyclic) bond motifs is 3. The molecule has 0 aliphatic carbocycles. The van der Waals surface area contributed by atoms with Crippen LogP contribution < -0.4 is 15.3 Å². The summed E-state index contributed by atoms with van der Waals surface area (Å²) in [5, 5.41) is 3.70. The van der Waals surface area contributed by atoms with Crippen LogP contribution in [0, 0.1) is 5.82 Å². The van der Waals surface area contributed by atoms with Crippen LogP contribution in [0.5, 0.6) is 11.5 Å². The lowest BCUT2D eigenvalue weighted by Crippen LogP contribution is -2.32. The van der Waals surface area contributed by atoms with Crippen molar-refractivity contribution < 1.29 is 18.7 Å². The minimum Gasteiger partial charge on any atom is -0.494 e. The molecule has 1 aliphatic rings. The van der Waals surface area contributed by atoms with Gasteiger partial charge in [-0.2, -0.15) is 0 Å². The largest absolute Gasteiger partial charge is 0.494 e. The summed E-state index contributed by atoms with van der Waals surface area (Å²) in [5.74, 6) is 6.71. The zero-order valence-corrected chi connectivity index (χ0v) is 24.8. The van der Waals surface area contributed by atoms with E-state index >= 15 is 0 Å². The highest BCUT2D eigenvalue weighted by molar-refractivity contribution is 6.31. The Morgan fingerprint density at radius 3 is 2.48 bits per heavy atom. The molecule has 1 aromatic heterocycles. The van der Waals surface area contributed by atoms with Crippen molar-refractivity contribution in [2.45, 2.75) is 25.8 Å². The molecule has 0 amide bonds. The highest BCUT2D eigenvalue weighted by Crippen LogP contribution is 2.38. The van der Waals surface area contributed by atoms with Crippen molar-refractivity contribution in [3.8, 4) is 11.5 Å². The average molecular weight is 593 g/mol. The molecule has 2 heterocycles. The minimum atomic E-state index is -0.349. The highest BCUT2D eigenvalue weighted by atomic mass is 35.5. The lowest BCUT2D eigenvalue weighted by molar-refractivity contribution is -0.120. The summed E-state index contributed by atoms with van der Waals surface area (Å²) in [5.41, 5.74) is 5.05. The van der Waals surface area contributed by atoms with Crippen LogP contribution in [0.3, 0.4) is 0 Å². The number of nitrogens with two attached hydrogens (primary N) is 1. The van der Waals surface area contributed by atoms with E-state index in [1.165, 1.54) is 46.5 Å². The van der Waals surface area contributed by atoms with Crippen LogP contribution in [0.4, 0.5) is 4.39 Å². The van der Waals surface area contributed by atoms with E-state index < -0.39 is 0 Å². The van der Waals surface area contributed by atoms with Gasteiger partial charge in [0.25, 0.3) is 6.47 Å². The second-order valence-electron chi connectivity index (χ2n) is 9.50. The number of nitrogens with zero attached hydrogens (tertiary/aromatic N) is 2. The number of rotatable bonds is 9. The third kappa shape index (κ3) is 8.69. The second-order valence-corrected chi connectivity index (χ2v) is 9.94. The fourth-order valence-electron chi connectivity index (χ4n) is 4.82. The SMILES string of the molecule is C/C=C\N(N)CCCOc1ccc(C2c3[nH]c4ccc(Cl)cc4c3CCN2C)cc1.C=C.O=COc1ccc(F)cc1. The first-order valence-electron chi connectivity index (χ1n) is 13.6. The Balaban J connectivity index is 0.000000340. The van der Waals surface area contributed by atoms with E-state index in [0.29, 0.717) is 18.8 Å². The molecule has 0 saturated heterocycles. The molecule has 0 fully saturated rings. The Kier molecular flexibility index (Phi) is 12.6. The van der Waals surface area contributed by atoms with Gasteiger partial charge in [0.1, 0.15) is 17.3 Å². The van der Waals surface area contributed by atoms with Crippen molar-refractivity contribution in [1.82, 2.24) is 14.9 Å². The molecule has 1 aliphatic heterocycles. The molecule has 0 radical (unpaired) electrons. The van der Waals surface area contributed by atoms with Gasteiger partial charge in [-0.3, -0.25) is 9.69 Å². The van der Waals surface area contributed by atoms with Gasteiger partial charge in [0.15, 0.2) is 0 Å². The molecular formula is C33H38ClFN4O3. The standard InChI is InChI=1S/C24H29ClN4O.C7H5FO2.C2H4/c1-3-12-29(26)13-4-15-30-19-8-5-17(6-9-19)24-23-20(11-14-28(24)2)21-16-18(25)7-10-22(21)27-23;8-6-1-3-7(4-2-6)10-5-9;1-2/h3,5-10,12,16,24,27H,4,11,13-15,26H2,1-2H3;1-5H;1-2H2/b12-3-;;. The van der Waals surface area contributed by atoms with E-state index in [1.54, 1.807) is 5.01 Å². The number of halogens is 2. The Hall–Kier alpha value is -4.11. The smallest absolute Gasteiger partial charge is 0.298 e. The monoisotopic (exact) mass is 592 g/mol. The van der Waals surface area contributed by atoms with E-state index in [0.717, 1.165) is 42.2 Å². The molecule has 4 aromatic rings. The maximum absolute atomic E-state index is 12.2. The van der Waals surface area contributed by atoms with E-state index in [2.05, 4.69) is 71.2 Å². The fourth-order valence-corrected chi connectivity index (χ4v) is 4.99. The number of hydrogen-bond acceptors (Lipinski definition) is 6. The van der Waals surface area contributed by atoms with Crippen molar-refractivity contribution in [2.75, 3.05) is 26.7 Å². The Bertz CT molecular complexity index is 1440. The molecule has 7 nitrogen and oxygen atoms in total. The number of carbonyl (C=O) groups is 1. The first kappa shape index (κ1) is 32.4. The molecule has 0 saturated carbocycles. The molecule has 3 aromatic carbocycles. The molecule has 0 spiro atoms. The third-order valence-corrected chi connectivity index (χ3v) is 6.93. The van der Waals surface area contributed by atoms with Gasteiger partial charge in [-0.15, -0.1) is 13.2 Å². The fraction of sp³-hybridized carbons (Fsp3) is 0.242. The van der Waals surface area contributed by atoms with Crippen LogP contribution in [0.25, 0.3) is 10.9 Å². The normalized spacial score (nSPS) is 14.3. The average Bonchev–Trinajstić information content (AvgIpc) is 3.36. The zero-order valence-electron chi connectivity index (χ0n) is 24.1. The number of likely N-dealkylation sites (N-methyl/N-ethyl adjacent to an activating group) is 1. The quantitative estimate of drug-likeness (QED) is 0.0713. The summed E-state index contributed by atoms with van der Waals surface area (Å²) in [6, 6.07) is 19.9. The molecular weight excluding hydrogens is 555 g/mol. The van der Waals surface area contributed by atoms with Crippen LogP contribution in [0.2, 0.25) is 5.02 Å². The molecule has 222 valence electrons. The molecule has 1 unspecified atom stereocenters. The van der Waals surface area contributed by atoms with Gasteiger partial charge in [-0.05, 0) is 86.1 Å². The molecule has 5 rings (SSSR count). The predicted octanol–water partition coefficient (Wildman–Crippen LogP) is 7.04. The maximum atomic E-state index is 12.2. The maximum Gasteiger partial charge on any atom is 0.298 e. The first-order chi connectivity index (χ1) is 20.4. The van der Waals surface area contributed by atoms with Gasteiger partial charge in [-0.25, -0.2) is 10.2 Å². The summed E-state index contributed by atoms with van der Waals surface area (Å²) >= 11 is 6.25. The van der Waals surface area contributed by atoms with Crippen molar-refractivity contribution in [3.63, 3.8) is 0 Å². The van der Waals surface area contributed by atoms with Gasteiger partial charge in [0.05, 0.1) is 12.6 Å². The van der Waals surface area contributed by atoms with Crippen molar-refractivity contribution >= 4 is 29.0 Å². The second kappa shape index (κ2) is 16.4. The van der Waals surface area contributed by atoms with Crippen LogP contribution in [-0.4, -0.2) is 48.1 Å². The van der Waals surface area contributed by atoms with Gasteiger partial charge < -0.3 is 19.5 Å². The van der Waals surface area contributed by atoms with E-state index in [9.17, 15) is 9.18 Å². The summed E-state index contributed by atoms with van der Waals surface area (Å²) in [6.45, 7) is 10.7. The topological polar surface area (TPSA) is 83.8 Å².